The predicted molar refractivity (Wildman–Crippen MR) is 82.8 cm³/mol. The normalized spacial score (nSPS) is 23.8. The van der Waals surface area contributed by atoms with Gasteiger partial charge < -0.3 is 9.72 Å². The molecule has 0 aliphatic carbocycles. The molecule has 1 fully saturated rings. The van der Waals surface area contributed by atoms with Crippen LogP contribution in [-0.2, 0) is 16.8 Å². The summed E-state index contributed by atoms with van der Waals surface area (Å²) in [5.74, 6) is 1.44. The zero-order valence-electron chi connectivity index (χ0n) is 11.8. The molecule has 1 atom stereocenters. The van der Waals surface area contributed by atoms with Gasteiger partial charge in [-0.25, -0.2) is 4.98 Å². The first-order chi connectivity index (χ1) is 8.92. The van der Waals surface area contributed by atoms with E-state index in [1.165, 1.54) is 6.42 Å². The van der Waals surface area contributed by atoms with Crippen LogP contribution < -0.4 is 0 Å². The lowest BCUT2D eigenvalue weighted by Crippen LogP contribution is -2.32. The fourth-order valence-electron chi connectivity index (χ4n) is 2.43. The van der Waals surface area contributed by atoms with E-state index in [0.29, 0.717) is 10.6 Å². The third kappa shape index (κ3) is 3.44. The van der Waals surface area contributed by atoms with Gasteiger partial charge in [-0.1, -0.05) is 26.1 Å². The van der Waals surface area contributed by atoms with Crippen molar-refractivity contribution in [2.45, 2.75) is 52.1 Å². The fourth-order valence-corrected chi connectivity index (χ4v) is 2.99. The van der Waals surface area contributed by atoms with Crippen LogP contribution in [-0.4, -0.2) is 16.6 Å². The van der Waals surface area contributed by atoms with Crippen molar-refractivity contribution in [3.05, 3.63) is 20.6 Å². The number of nitrogens with zero attached hydrogens (tertiary/aromatic N) is 1. The number of aromatic nitrogens is 2. The molecule has 0 saturated carbocycles. The molecule has 1 saturated heterocycles. The maximum Gasteiger partial charge on any atom is 0.144 e. The lowest BCUT2D eigenvalue weighted by molar-refractivity contribution is -0.0762. The van der Waals surface area contributed by atoms with Crippen molar-refractivity contribution in [2.24, 2.45) is 5.92 Å². The average Bonchev–Trinajstić information content (AvgIpc) is 2.35. The Kier molecular flexibility index (Phi) is 4.79. The van der Waals surface area contributed by atoms with Crippen LogP contribution in [0.25, 0.3) is 0 Å². The number of nitrogens with one attached hydrogen (secondary N) is 1. The maximum atomic E-state index is 5.95. The molecule has 1 aliphatic heterocycles. The molecule has 0 amide bonds. The third-order valence-electron chi connectivity index (χ3n) is 3.52. The smallest absolute Gasteiger partial charge is 0.144 e. The summed E-state index contributed by atoms with van der Waals surface area (Å²) < 4.78 is 7.49. The predicted octanol–water partition coefficient (Wildman–Crippen LogP) is 4.52. The molecule has 0 spiro atoms. The van der Waals surface area contributed by atoms with Crippen molar-refractivity contribution in [1.29, 1.82) is 0 Å². The second-order valence-corrected chi connectivity index (χ2v) is 7.00. The summed E-state index contributed by atoms with van der Waals surface area (Å²) in [5.41, 5.74) is 0.804. The number of hydrogen-bond donors (Lipinski definition) is 1. The molecule has 1 aliphatic rings. The van der Waals surface area contributed by atoms with E-state index in [2.05, 4.69) is 46.7 Å². The molecule has 1 N–H and O–H groups in total. The Morgan fingerprint density at radius 3 is 2.79 bits per heavy atom. The van der Waals surface area contributed by atoms with Gasteiger partial charge >= 0.3 is 0 Å². The van der Waals surface area contributed by atoms with E-state index in [1.54, 1.807) is 0 Å². The van der Waals surface area contributed by atoms with Crippen LogP contribution in [0.1, 0.15) is 51.6 Å². The molecule has 1 aromatic heterocycles. The Hall–Kier alpha value is -0.260. The largest absolute Gasteiger partial charge is 0.367 e. The molecule has 1 aromatic rings. The highest BCUT2D eigenvalue weighted by Crippen LogP contribution is 2.33. The number of rotatable bonds is 3. The highest BCUT2D eigenvalue weighted by Gasteiger charge is 2.33. The van der Waals surface area contributed by atoms with Crippen molar-refractivity contribution in [1.82, 2.24) is 9.97 Å². The van der Waals surface area contributed by atoms with Crippen molar-refractivity contribution in [3.8, 4) is 0 Å². The summed E-state index contributed by atoms with van der Waals surface area (Å²) in [6, 6.07) is 0. The summed E-state index contributed by atoms with van der Waals surface area (Å²) in [6.45, 7) is 7.30. The molecule has 0 radical (unpaired) electrons. The molecule has 2 rings (SSSR count). The molecular formula is C14H21BrN2OS. The van der Waals surface area contributed by atoms with Gasteiger partial charge in [0.05, 0.1) is 4.47 Å². The first-order valence-corrected chi connectivity index (χ1v) is 8.05. The van der Waals surface area contributed by atoms with Crippen molar-refractivity contribution in [2.75, 3.05) is 6.61 Å². The lowest BCUT2D eigenvalue weighted by atomic mass is 9.95. The van der Waals surface area contributed by atoms with E-state index >= 15 is 0 Å². The van der Waals surface area contributed by atoms with Gasteiger partial charge in [0.2, 0.25) is 0 Å². The minimum Gasteiger partial charge on any atom is -0.367 e. The summed E-state index contributed by atoms with van der Waals surface area (Å²) in [4.78, 5) is 7.97. The van der Waals surface area contributed by atoms with Gasteiger partial charge in [0.1, 0.15) is 16.1 Å². The van der Waals surface area contributed by atoms with Crippen LogP contribution in [0.15, 0.2) is 4.47 Å². The molecule has 0 aromatic carbocycles. The van der Waals surface area contributed by atoms with E-state index in [4.69, 9.17) is 17.0 Å². The molecule has 19 heavy (non-hydrogen) atoms. The molecule has 3 nitrogen and oxygen atoms in total. The quantitative estimate of drug-likeness (QED) is 0.819. The number of H-pyrrole nitrogens is 1. The lowest BCUT2D eigenvalue weighted by Gasteiger charge is -2.33. The second kappa shape index (κ2) is 6.02. The molecule has 0 bridgehead atoms. The third-order valence-corrected chi connectivity index (χ3v) is 4.93. The zero-order valence-corrected chi connectivity index (χ0v) is 14.2. The minimum atomic E-state index is -0.321. The van der Waals surface area contributed by atoms with Crippen LogP contribution in [0.4, 0.5) is 0 Å². The SMILES string of the molecule is CC(C)Cc1[nH]c(C2(C)CCCCO2)nc(=S)c1Br. The van der Waals surface area contributed by atoms with Crippen LogP contribution in [0.5, 0.6) is 0 Å². The Bertz CT molecular complexity index is 507. The molecular weight excluding hydrogens is 324 g/mol. The summed E-state index contributed by atoms with van der Waals surface area (Å²) >= 11 is 8.91. The van der Waals surface area contributed by atoms with E-state index in [1.807, 2.05) is 0 Å². The molecule has 5 heteroatoms. The van der Waals surface area contributed by atoms with Gasteiger partial charge in [-0.05, 0) is 54.5 Å². The average molecular weight is 345 g/mol. The van der Waals surface area contributed by atoms with Crippen molar-refractivity contribution in [3.63, 3.8) is 0 Å². The second-order valence-electron chi connectivity index (χ2n) is 5.82. The number of halogens is 1. The van der Waals surface area contributed by atoms with E-state index in [0.717, 1.165) is 41.9 Å². The highest BCUT2D eigenvalue weighted by molar-refractivity contribution is 9.10. The van der Waals surface area contributed by atoms with Gasteiger partial charge in [0.15, 0.2) is 0 Å². The topological polar surface area (TPSA) is 37.9 Å². The molecule has 1 unspecified atom stereocenters. The van der Waals surface area contributed by atoms with E-state index < -0.39 is 0 Å². The maximum absolute atomic E-state index is 5.95. The standard InChI is InChI=1S/C14H21BrN2OS/c1-9(2)8-10-11(15)12(19)17-13(16-10)14(3)6-4-5-7-18-14/h9H,4-8H2,1-3H3,(H,16,17,19). The monoisotopic (exact) mass is 344 g/mol. The van der Waals surface area contributed by atoms with Crippen LogP contribution in [0.3, 0.4) is 0 Å². The molecule has 106 valence electrons. The summed E-state index contributed by atoms with van der Waals surface area (Å²) in [5, 5.41) is 0. The van der Waals surface area contributed by atoms with Crippen LogP contribution >= 0.6 is 28.1 Å². The Balaban J connectivity index is 2.41. The van der Waals surface area contributed by atoms with Gasteiger partial charge in [-0.15, -0.1) is 0 Å². The molecule has 2 heterocycles. The van der Waals surface area contributed by atoms with Crippen molar-refractivity contribution >= 4 is 28.1 Å². The first kappa shape index (κ1) is 15.1. The number of ether oxygens (including phenoxy) is 1. The first-order valence-electron chi connectivity index (χ1n) is 6.85. The number of aromatic amines is 1. The number of hydrogen-bond acceptors (Lipinski definition) is 3. The Labute approximate surface area is 128 Å². The van der Waals surface area contributed by atoms with Gasteiger partial charge in [-0.3, -0.25) is 0 Å². The van der Waals surface area contributed by atoms with E-state index in [9.17, 15) is 0 Å². The van der Waals surface area contributed by atoms with Crippen molar-refractivity contribution < 1.29 is 4.74 Å². The zero-order chi connectivity index (χ0) is 14.0. The van der Waals surface area contributed by atoms with Gasteiger partial charge in [-0.2, -0.15) is 0 Å². The van der Waals surface area contributed by atoms with Gasteiger partial charge in [0.25, 0.3) is 0 Å². The highest BCUT2D eigenvalue weighted by atomic mass is 79.9. The van der Waals surface area contributed by atoms with Crippen LogP contribution in [0, 0.1) is 10.6 Å². The van der Waals surface area contributed by atoms with Gasteiger partial charge in [0, 0.05) is 12.3 Å². The van der Waals surface area contributed by atoms with Crippen LogP contribution in [0.2, 0.25) is 0 Å². The van der Waals surface area contributed by atoms with E-state index in [-0.39, 0.29) is 5.60 Å². The summed E-state index contributed by atoms with van der Waals surface area (Å²) in [6.07, 6.45) is 4.25. The Morgan fingerprint density at radius 1 is 1.47 bits per heavy atom. The summed E-state index contributed by atoms with van der Waals surface area (Å²) in [7, 11) is 0. The minimum absolute atomic E-state index is 0.321. The Morgan fingerprint density at radius 2 is 2.21 bits per heavy atom. The fraction of sp³-hybridized carbons (Fsp3) is 0.714.